The number of nitrogens with two attached hydrogens (primary N) is 1. The molecule has 2 aromatic rings. The zero-order chi connectivity index (χ0) is 25.5. The lowest BCUT2D eigenvalue weighted by molar-refractivity contribution is -0.151. The van der Waals surface area contributed by atoms with E-state index in [1.807, 2.05) is 30.3 Å². The van der Waals surface area contributed by atoms with Crippen molar-refractivity contribution < 1.29 is 19.1 Å². The summed E-state index contributed by atoms with van der Waals surface area (Å²) in [5.74, 6) is -0.355. The first kappa shape index (κ1) is 25.7. The Morgan fingerprint density at radius 1 is 1.00 bits per heavy atom. The number of carbonyl (C=O) groups is 3. The van der Waals surface area contributed by atoms with E-state index in [0.29, 0.717) is 30.8 Å². The van der Waals surface area contributed by atoms with E-state index in [-0.39, 0.29) is 42.6 Å². The molecule has 3 N–H and O–H groups in total. The normalized spacial score (nSPS) is 19.1. The first-order valence-corrected chi connectivity index (χ1v) is 12.8. The Bertz CT molecular complexity index is 1050. The smallest absolute Gasteiger partial charge is 0.263 e. The van der Waals surface area contributed by atoms with Crippen LogP contribution in [0.15, 0.2) is 54.6 Å². The summed E-state index contributed by atoms with van der Waals surface area (Å²) < 4.78 is 5.29. The third-order valence-electron chi connectivity index (χ3n) is 7.22. The molecule has 0 aromatic heterocycles. The lowest BCUT2D eigenvalue weighted by atomic mass is 9.83. The van der Waals surface area contributed by atoms with Crippen molar-refractivity contribution in [3.8, 4) is 5.75 Å². The van der Waals surface area contributed by atoms with E-state index in [0.717, 1.165) is 31.2 Å². The van der Waals surface area contributed by atoms with Crippen LogP contribution in [0.1, 0.15) is 53.9 Å². The average molecular weight is 493 g/mol. The molecule has 8 nitrogen and oxygen atoms in total. The summed E-state index contributed by atoms with van der Waals surface area (Å²) in [6.45, 7) is 1.33. The van der Waals surface area contributed by atoms with E-state index in [2.05, 4.69) is 5.32 Å². The SMILES string of the molecule is COc1cccc(C(=O)N2CCCN(C(=O)C(c3ccccc3)C3CCCC3)C2C(=O)NCCN)c1. The van der Waals surface area contributed by atoms with E-state index in [1.165, 1.54) is 4.90 Å². The molecule has 4 rings (SSSR count). The highest BCUT2D eigenvalue weighted by Crippen LogP contribution is 2.39. The summed E-state index contributed by atoms with van der Waals surface area (Å²) >= 11 is 0. The minimum atomic E-state index is -1.04. The molecule has 1 aliphatic carbocycles. The molecular formula is C28H36N4O4. The summed E-state index contributed by atoms with van der Waals surface area (Å²) in [4.78, 5) is 44.5. The number of carbonyl (C=O) groups excluding carboxylic acids is 3. The largest absolute Gasteiger partial charge is 0.497 e. The number of hydrogen-bond acceptors (Lipinski definition) is 5. The number of rotatable bonds is 8. The highest BCUT2D eigenvalue weighted by molar-refractivity contribution is 5.99. The van der Waals surface area contributed by atoms with E-state index < -0.39 is 6.17 Å². The van der Waals surface area contributed by atoms with Crippen LogP contribution in [-0.4, -0.2) is 67.0 Å². The fraction of sp³-hybridized carbons (Fsp3) is 0.464. The van der Waals surface area contributed by atoms with Gasteiger partial charge >= 0.3 is 0 Å². The van der Waals surface area contributed by atoms with Gasteiger partial charge in [0, 0.05) is 31.7 Å². The number of hydrogen-bond donors (Lipinski definition) is 2. The monoisotopic (exact) mass is 492 g/mol. The van der Waals surface area contributed by atoms with Gasteiger partial charge in [-0.25, -0.2) is 0 Å². The standard InChI is InChI=1S/C28H36N4O4/c1-36-23-14-7-13-22(19-23)27(34)31-17-8-18-32(26(31)25(33)30-16-15-29)28(35)24(21-11-5-6-12-21)20-9-3-2-4-10-20/h2-4,7,9-10,13-14,19,21,24,26H,5-6,8,11-12,15-18,29H2,1H3,(H,30,33). The molecule has 2 aliphatic rings. The Morgan fingerprint density at radius 2 is 1.72 bits per heavy atom. The summed E-state index contributed by atoms with van der Waals surface area (Å²) in [5, 5.41) is 2.82. The average Bonchev–Trinajstić information content (AvgIpc) is 3.46. The highest BCUT2D eigenvalue weighted by atomic mass is 16.5. The summed E-state index contributed by atoms with van der Waals surface area (Å²) in [7, 11) is 1.54. The molecule has 0 spiro atoms. The Hall–Kier alpha value is -3.39. The van der Waals surface area contributed by atoms with E-state index in [4.69, 9.17) is 10.5 Å². The molecule has 192 valence electrons. The zero-order valence-corrected chi connectivity index (χ0v) is 20.9. The third kappa shape index (κ3) is 5.54. The van der Waals surface area contributed by atoms with Gasteiger partial charge in [-0.15, -0.1) is 0 Å². The summed E-state index contributed by atoms with van der Waals surface area (Å²) in [6, 6.07) is 16.7. The summed E-state index contributed by atoms with van der Waals surface area (Å²) in [5.41, 5.74) is 7.01. The van der Waals surface area contributed by atoms with Gasteiger partial charge < -0.3 is 25.6 Å². The Labute approximate surface area is 212 Å². The molecule has 2 aromatic carbocycles. The van der Waals surface area contributed by atoms with Crippen LogP contribution in [0, 0.1) is 5.92 Å². The second-order valence-corrected chi connectivity index (χ2v) is 9.50. The second-order valence-electron chi connectivity index (χ2n) is 9.50. The van der Waals surface area contributed by atoms with Crippen molar-refractivity contribution in [3.63, 3.8) is 0 Å². The van der Waals surface area contributed by atoms with E-state index in [1.54, 1.807) is 36.3 Å². The first-order valence-electron chi connectivity index (χ1n) is 12.8. The van der Waals surface area contributed by atoms with Gasteiger partial charge in [0.2, 0.25) is 5.91 Å². The van der Waals surface area contributed by atoms with Crippen LogP contribution in [0.3, 0.4) is 0 Å². The number of nitrogens with one attached hydrogen (secondary N) is 1. The number of amides is 3. The van der Waals surface area contributed by atoms with Crippen LogP contribution in [0.5, 0.6) is 5.75 Å². The van der Waals surface area contributed by atoms with Crippen molar-refractivity contribution in [3.05, 3.63) is 65.7 Å². The van der Waals surface area contributed by atoms with Crippen LogP contribution in [0.25, 0.3) is 0 Å². The Balaban J connectivity index is 1.69. The molecule has 1 aliphatic heterocycles. The van der Waals surface area contributed by atoms with Gasteiger partial charge in [-0.05, 0) is 48.9 Å². The molecule has 2 unspecified atom stereocenters. The van der Waals surface area contributed by atoms with Crippen LogP contribution in [-0.2, 0) is 9.59 Å². The van der Waals surface area contributed by atoms with Gasteiger partial charge in [-0.3, -0.25) is 14.4 Å². The van der Waals surface area contributed by atoms with Crippen molar-refractivity contribution in [1.82, 2.24) is 15.1 Å². The van der Waals surface area contributed by atoms with Crippen molar-refractivity contribution in [2.24, 2.45) is 11.7 Å². The Kier molecular flexibility index (Phi) is 8.59. The van der Waals surface area contributed by atoms with Crippen molar-refractivity contribution in [2.45, 2.75) is 44.2 Å². The van der Waals surface area contributed by atoms with Gasteiger partial charge in [0.1, 0.15) is 5.75 Å². The molecule has 36 heavy (non-hydrogen) atoms. The fourth-order valence-electron chi connectivity index (χ4n) is 5.51. The maximum absolute atomic E-state index is 14.2. The number of ether oxygens (including phenoxy) is 1. The summed E-state index contributed by atoms with van der Waals surface area (Å²) in [6.07, 6.45) is 3.72. The minimum Gasteiger partial charge on any atom is -0.497 e. The van der Waals surface area contributed by atoms with E-state index in [9.17, 15) is 14.4 Å². The molecule has 3 amide bonds. The van der Waals surface area contributed by atoms with Gasteiger partial charge in [0.15, 0.2) is 6.17 Å². The van der Waals surface area contributed by atoms with Gasteiger partial charge in [0.25, 0.3) is 11.8 Å². The van der Waals surface area contributed by atoms with Crippen molar-refractivity contribution >= 4 is 17.7 Å². The van der Waals surface area contributed by atoms with Gasteiger partial charge in [-0.2, -0.15) is 0 Å². The third-order valence-corrected chi connectivity index (χ3v) is 7.22. The Morgan fingerprint density at radius 3 is 2.42 bits per heavy atom. The van der Waals surface area contributed by atoms with Gasteiger partial charge in [-0.1, -0.05) is 49.2 Å². The molecule has 1 heterocycles. The number of nitrogens with zero attached hydrogens (tertiary/aromatic N) is 2. The van der Waals surface area contributed by atoms with Crippen LogP contribution >= 0.6 is 0 Å². The molecule has 0 radical (unpaired) electrons. The lowest BCUT2D eigenvalue weighted by Crippen LogP contribution is -2.64. The minimum absolute atomic E-state index is 0.0934. The highest BCUT2D eigenvalue weighted by Gasteiger charge is 2.44. The van der Waals surface area contributed by atoms with Crippen LogP contribution < -0.4 is 15.8 Å². The molecule has 1 saturated carbocycles. The molecule has 2 fully saturated rings. The predicted molar refractivity (Wildman–Crippen MR) is 137 cm³/mol. The van der Waals surface area contributed by atoms with Crippen LogP contribution in [0.4, 0.5) is 0 Å². The maximum Gasteiger partial charge on any atom is 0.263 e. The quantitative estimate of drug-likeness (QED) is 0.590. The first-order chi connectivity index (χ1) is 17.5. The fourth-order valence-corrected chi connectivity index (χ4v) is 5.51. The molecule has 8 heteroatoms. The van der Waals surface area contributed by atoms with Crippen molar-refractivity contribution in [2.75, 3.05) is 33.3 Å². The van der Waals surface area contributed by atoms with E-state index >= 15 is 0 Å². The molecule has 0 bridgehead atoms. The van der Waals surface area contributed by atoms with Crippen molar-refractivity contribution in [1.29, 1.82) is 0 Å². The predicted octanol–water partition coefficient (Wildman–Crippen LogP) is 2.74. The number of benzene rings is 2. The maximum atomic E-state index is 14.2. The topological polar surface area (TPSA) is 105 Å². The number of methoxy groups -OCH3 is 1. The molecular weight excluding hydrogens is 456 g/mol. The second kappa shape index (κ2) is 12.0. The molecule has 1 saturated heterocycles. The van der Waals surface area contributed by atoms with Gasteiger partial charge in [0.05, 0.1) is 13.0 Å². The lowest BCUT2D eigenvalue weighted by Gasteiger charge is -2.44. The zero-order valence-electron chi connectivity index (χ0n) is 20.9. The van der Waals surface area contributed by atoms with Crippen LogP contribution in [0.2, 0.25) is 0 Å². The molecule has 2 atom stereocenters.